The number of ether oxygens (including phenoxy) is 1. The molecule has 1 aromatic heterocycles. The zero-order valence-corrected chi connectivity index (χ0v) is 11.1. The van der Waals surface area contributed by atoms with Crippen molar-refractivity contribution in [2.75, 3.05) is 6.61 Å². The molecule has 0 aliphatic heterocycles. The number of hydrogen-bond acceptors (Lipinski definition) is 2. The molecule has 74 valence electrons. The van der Waals surface area contributed by atoms with Gasteiger partial charge in [-0.15, -0.1) is 0 Å². The summed E-state index contributed by atoms with van der Waals surface area (Å²) in [4.78, 5) is 0. The minimum atomic E-state index is 0.739. The van der Waals surface area contributed by atoms with Gasteiger partial charge in [-0.1, -0.05) is 17.4 Å². The minimum Gasteiger partial charge on any atom is -0.484 e. The van der Waals surface area contributed by atoms with Gasteiger partial charge in [0.25, 0.3) is 0 Å². The Morgan fingerprint density at radius 1 is 1.43 bits per heavy atom. The highest BCUT2D eigenvalue weighted by molar-refractivity contribution is 14.1. The summed E-state index contributed by atoms with van der Waals surface area (Å²) in [6, 6.07) is 6.46. The van der Waals surface area contributed by atoms with Gasteiger partial charge in [0.2, 0.25) is 0 Å². The van der Waals surface area contributed by atoms with Crippen molar-refractivity contribution in [3.8, 4) is 5.06 Å². The Balaban J connectivity index is 2.63. The maximum Gasteiger partial charge on any atom is 0.174 e. The Kier molecular flexibility index (Phi) is 2.97. The summed E-state index contributed by atoms with van der Waals surface area (Å²) in [7, 11) is 0. The van der Waals surface area contributed by atoms with Crippen molar-refractivity contribution >= 4 is 44.0 Å². The standard InChI is InChI=1S/C11H11IOS/c1-3-13-10-6-8-7(2)4-5-9(12)11(8)14-10/h4-6H,3H2,1-2H3. The summed E-state index contributed by atoms with van der Waals surface area (Å²) >= 11 is 4.10. The average Bonchev–Trinajstić information content (AvgIpc) is 2.57. The van der Waals surface area contributed by atoms with Crippen LogP contribution in [0.15, 0.2) is 18.2 Å². The summed E-state index contributed by atoms with van der Waals surface area (Å²) in [5, 5.41) is 2.35. The molecule has 0 fully saturated rings. The molecule has 0 aliphatic rings. The first-order chi connectivity index (χ1) is 6.72. The second-order valence-electron chi connectivity index (χ2n) is 3.11. The van der Waals surface area contributed by atoms with Crippen molar-refractivity contribution in [3.63, 3.8) is 0 Å². The van der Waals surface area contributed by atoms with E-state index in [0.29, 0.717) is 0 Å². The fraction of sp³-hybridized carbons (Fsp3) is 0.273. The third kappa shape index (κ3) is 1.75. The first-order valence-electron chi connectivity index (χ1n) is 4.54. The van der Waals surface area contributed by atoms with E-state index < -0.39 is 0 Å². The van der Waals surface area contributed by atoms with Gasteiger partial charge in [-0.25, -0.2) is 0 Å². The minimum absolute atomic E-state index is 0.739. The van der Waals surface area contributed by atoms with Crippen LogP contribution in [-0.2, 0) is 0 Å². The van der Waals surface area contributed by atoms with E-state index in [9.17, 15) is 0 Å². The van der Waals surface area contributed by atoms with E-state index in [4.69, 9.17) is 4.74 Å². The predicted molar refractivity (Wildman–Crippen MR) is 70.4 cm³/mol. The van der Waals surface area contributed by atoms with Gasteiger partial charge in [0.15, 0.2) is 5.06 Å². The van der Waals surface area contributed by atoms with E-state index in [1.165, 1.54) is 19.2 Å². The third-order valence-corrected chi connectivity index (χ3v) is 4.46. The maximum atomic E-state index is 5.52. The molecule has 0 saturated heterocycles. The molecule has 14 heavy (non-hydrogen) atoms. The lowest BCUT2D eigenvalue weighted by atomic mass is 10.2. The fourth-order valence-electron chi connectivity index (χ4n) is 1.42. The topological polar surface area (TPSA) is 9.23 Å². The Morgan fingerprint density at radius 2 is 2.21 bits per heavy atom. The highest BCUT2D eigenvalue weighted by atomic mass is 127. The molecule has 1 aromatic carbocycles. The zero-order chi connectivity index (χ0) is 10.1. The summed E-state index contributed by atoms with van der Waals surface area (Å²) < 4.78 is 8.16. The largest absolute Gasteiger partial charge is 0.484 e. The van der Waals surface area contributed by atoms with Gasteiger partial charge in [0, 0.05) is 8.96 Å². The SMILES string of the molecule is CCOc1cc2c(C)ccc(I)c2s1. The lowest BCUT2D eigenvalue weighted by molar-refractivity contribution is 0.350. The van der Waals surface area contributed by atoms with E-state index in [-0.39, 0.29) is 0 Å². The molecule has 0 N–H and O–H groups in total. The normalized spacial score (nSPS) is 10.8. The van der Waals surface area contributed by atoms with E-state index in [1.807, 2.05) is 6.92 Å². The molecule has 1 heterocycles. The van der Waals surface area contributed by atoms with Crippen molar-refractivity contribution in [2.24, 2.45) is 0 Å². The molecule has 0 atom stereocenters. The molecular weight excluding hydrogens is 307 g/mol. The Morgan fingerprint density at radius 3 is 2.86 bits per heavy atom. The second kappa shape index (κ2) is 4.06. The summed E-state index contributed by atoms with van der Waals surface area (Å²) in [6.45, 7) is 4.89. The highest BCUT2D eigenvalue weighted by Gasteiger charge is 2.07. The van der Waals surface area contributed by atoms with Crippen molar-refractivity contribution in [1.82, 2.24) is 0 Å². The molecule has 2 aromatic rings. The van der Waals surface area contributed by atoms with Gasteiger partial charge in [0.1, 0.15) is 0 Å². The van der Waals surface area contributed by atoms with Crippen LogP contribution in [0.3, 0.4) is 0 Å². The monoisotopic (exact) mass is 318 g/mol. The molecule has 0 unspecified atom stereocenters. The summed E-state index contributed by atoms with van der Waals surface area (Å²) in [5.41, 5.74) is 1.32. The average molecular weight is 318 g/mol. The fourth-order valence-corrected chi connectivity index (χ4v) is 3.27. The molecule has 1 nitrogen and oxygen atoms in total. The van der Waals surface area contributed by atoms with Crippen LogP contribution in [0.5, 0.6) is 5.06 Å². The van der Waals surface area contributed by atoms with Crippen molar-refractivity contribution < 1.29 is 4.74 Å². The van der Waals surface area contributed by atoms with Gasteiger partial charge in [-0.3, -0.25) is 0 Å². The molecule has 3 heteroatoms. The van der Waals surface area contributed by atoms with E-state index >= 15 is 0 Å². The van der Waals surface area contributed by atoms with E-state index in [2.05, 4.69) is 47.7 Å². The number of hydrogen-bond donors (Lipinski definition) is 0. The number of thiophene rings is 1. The number of benzene rings is 1. The molecule has 0 aliphatic carbocycles. The molecule has 0 spiro atoms. The number of fused-ring (bicyclic) bond motifs is 1. The van der Waals surface area contributed by atoms with Gasteiger partial charge in [-0.05, 0) is 54.1 Å². The van der Waals surface area contributed by atoms with Crippen LogP contribution in [0.4, 0.5) is 0 Å². The lowest BCUT2D eigenvalue weighted by Gasteiger charge is -1.96. The van der Waals surface area contributed by atoms with Crippen LogP contribution >= 0.6 is 33.9 Å². The van der Waals surface area contributed by atoms with Crippen molar-refractivity contribution in [3.05, 3.63) is 27.3 Å². The highest BCUT2D eigenvalue weighted by Crippen LogP contribution is 2.36. The van der Waals surface area contributed by atoms with Gasteiger partial charge < -0.3 is 4.74 Å². The van der Waals surface area contributed by atoms with E-state index in [0.717, 1.165) is 11.7 Å². The molecular formula is C11H11IOS. The van der Waals surface area contributed by atoms with Crippen LogP contribution in [0.1, 0.15) is 12.5 Å². The number of rotatable bonds is 2. The molecule has 0 bridgehead atoms. The zero-order valence-electron chi connectivity index (χ0n) is 8.13. The maximum absolute atomic E-state index is 5.52. The Bertz CT molecular complexity index is 423. The summed E-state index contributed by atoms with van der Waals surface area (Å²) in [6.07, 6.45) is 0. The van der Waals surface area contributed by atoms with Crippen LogP contribution < -0.4 is 4.74 Å². The van der Waals surface area contributed by atoms with Crippen molar-refractivity contribution in [1.29, 1.82) is 0 Å². The Hall–Kier alpha value is -0.290. The lowest BCUT2D eigenvalue weighted by Crippen LogP contribution is -1.86. The first-order valence-corrected chi connectivity index (χ1v) is 6.43. The van der Waals surface area contributed by atoms with Gasteiger partial charge in [-0.2, -0.15) is 0 Å². The van der Waals surface area contributed by atoms with Crippen LogP contribution in [0, 0.1) is 10.5 Å². The molecule has 0 radical (unpaired) electrons. The van der Waals surface area contributed by atoms with Crippen LogP contribution in [-0.4, -0.2) is 6.61 Å². The second-order valence-corrected chi connectivity index (χ2v) is 5.28. The van der Waals surface area contributed by atoms with Crippen LogP contribution in [0.2, 0.25) is 0 Å². The predicted octanol–water partition coefficient (Wildman–Crippen LogP) is 4.21. The number of halogens is 1. The first kappa shape index (κ1) is 10.2. The smallest absolute Gasteiger partial charge is 0.174 e. The van der Waals surface area contributed by atoms with Gasteiger partial charge >= 0.3 is 0 Å². The molecule has 0 saturated carbocycles. The number of aryl methyl sites for hydroxylation is 1. The third-order valence-electron chi connectivity index (χ3n) is 2.12. The molecule has 2 rings (SSSR count). The molecule has 0 amide bonds. The van der Waals surface area contributed by atoms with Crippen molar-refractivity contribution in [2.45, 2.75) is 13.8 Å². The quantitative estimate of drug-likeness (QED) is 0.754. The Labute approximate surface area is 101 Å². The van der Waals surface area contributed by atoms with Crippen LogP contribution in [0.25, 0.3) is 10.1 Å². The summed E-state index contributed by atoms with van der Waals surface area (Å²) in [5.74, 6) is 0. The van der Waals surface area contributed by atoms with Gasteiger partial charge in [0.05, 0.1) is 11.3 Å². The van der Waals surface area contributed by atoms with E-state index in [1.54, 1.807) is 11.3 Å².